The molecule has 0 bridgehead atoms. The number of nitrogens with zero attached hydrogens (tertiary/aromatic N) is 3. The second kappa shape index (κ2) is 6.93. The molecule has 0 spiro atoms. The van der Waals surface area contributed by atoms with Gasteiger partial charge in [0.25, 0.3) is 0 Å². The first-order valence-corrected chi connectivity index (χ1v) is 8.38. The van der Waals surface area contributed by atoms with Crippen LogP contribution in [0.15, 0.2) is 35.7 Å². The number of aryl methyl sites for hydroxylation is 3. The molecule has 2 heterocycles. The molecule has 23 heavy (non-hydrogen) atoms. The molecule has 0 radical (unpaired) electrons. The third kappa shape index (κ3) is 3.78. The summed E-state index contributed by atoms with van der Waals surface area (Å²) in [5, 5.41) is 11.1. The SMILES string of the molecule is Cc1nc(CNCc2c(C)nn(C)c2Oc2ccccc2)cs1. The van der Waals surface area contributed by atoms with Crippen molar-refractivity contribution < 1.29 is 4.74 Å². The van der Waals surface area contributed by atoms with Crippen LogP contribution < -0.4 is 10.1 Å². The summed E-state index contributed by atoms with van der Waals surface area (Å²) in [5.74, 6) is 1.59. The average Bonchev–Trinajstić information content (AvgIpc) is 3.06. The number of ether oxygens (including phenoxy) is 1. The molecule has 0 aliphatic heterocycles. The molecule has 1 aromatic carbocycles. The summed E-state index contributed by atoms with van der Waals surface area (Å²) in [7, 11) is 1.90. The van der Waals surface area contributed by atoms with Gasteiger partial charge in [0.15, 0.2) is 0 Å². The highest BCUT2D eigenvalue weighted by Crippen LogP contribution is 2.27. The fourth-order valence-corrected chi connectivity index (χ4v) is 3.03. The largest absolute Gasteiger partial charge is 0.439 e. The molecule has 3 aromatic rings. The molecule has 3 rings (SSSR count). The van der Waals surface area contributed by atoms with Gasteiger partial charge in [0, 0.05) is 25.5 Å². The van der Waals surface area contributed by atoms with Crippen LogP contribution in [0.25, 0.3) is 0 Å². The summed E-state index contributed by atoms with van der Waals surface area (Å²) < 4.78 is 7.80. The van der Waals surface area contributed by atoms with E-state index in [0.29, 0.717) is 6.54 Å². The highest BCUT2D eigenvalue weighted by molar-refractivity contribution is 7.09. The van der Waals surface area contributed by atoms with Gasteiger partial charge in [0.2, 0.25) is 5.88 Å². The molecule has 0 unspecified atom stereocenters. The van der Waals surface area contributed by atoms with Crippen LogP contribution in [0.3, 0.4) is 0 Å². The van der Waals surface area contributed by atoms with Gasteiger partial charge in [-0.15, -0.1) is 11.3 Å². The topological polar surface area (TPSA) is 52.0 Å². The number of benzene rings is 1. The Hall–Kier alpha value is -2.18. The third-order valence-electron chi connectivity index (χ3n) is 3.52. The van der Waals surface area contributed by atoms with Crippen molar-refractivity contribution in [2.24, 2.45) is 7.05 Å². The van der Waals surface area contributed by atoms with Crippen LogP contribution in [0.2, 0.25) is 0 Å². The molecule has 0 saturated heterocycles. The van der Waals surface area contributed by atoms with Gasteiger partial charge >= 0.3 is 0 Å². The molecule has 0 fully saturated rings. The van der Waals surface area contributed by atoms with E-state index in [1.807, 2.05) is 51.2 Å². The zero-order valence-electron chi connectivity index (χ0n) is 13.5. The predicted octanol–water partition coefficient (Wildman–Crippen LogP) is 3.58. The van der Waals surface area contributed by atoms with E-state index in [9.17, 15) is 0 Å². The van der Waals surface area contributed by atoms with E-state index in [4.69, 9.17) is 4.74 Å². The maximum Gasteiger partial charge on any atom is 0.222 e. The fraction of sp³-hybridized carbons (Fsp3) is 0.294. The number of hydrogen-bond donors (Lipinski definition) is 1. The lowest BCUT2D eigenvalue weighted by Crippen LogP contribution is -2.14. The zero-order chi connectivity index (χ0) is 16.2. The quantitative estimate of drug-likeness (QED) is 0.751. The van der Waals surface area contributed by atoms with Crippen molar-refractivity contribution in [3.8, 4) is 11.6 Å². The Morgan fingerprint density at radius 1 is 1.17 bits per heavy atom. The highest BCUT2D eigenvalue weighted by atomic mass is 32.1. The molecule has 1 N–H and O–H groups in total. The number of para-hydroxylation sites is 1. The molecule has 2 aromatic heterocycles. The minimum atomic E-state index is 0.693. The van der Waals surface area contributed by atoms with Crippen molar-refractivity contribution in [1.82, 2.24) is 20.1 Å². The molecule has 0 aliphatic rings. The summed E-state index contributed by atoms with van der Waals surface area (Å²) in [4.78, 5) is 4.46. The summed E-state index contributed by atoms with van der Waals surface area (Å²) >= 11 is 1.67. The van der Waals surface area contributed by atoms with Crippen LogP contribution >= 0.6 is 11.3 Å². The molecule has 0 atom stereocenters. The van der Waals surface area contributed by atoms with Crippen LogP contribution in [0.4, 0.5) is 0 Å². The smallest absolute Gasteiger partial charge is 0.222 e. The number of nitrogens with one attached hydrogen (secondary N) is 1. The second-order valence-electron chi connectivity index (χ2n) is 5.37. The van der Waals surface area contributed by atoms with Gasteiger partial charge in [-0.3, -0.25) is 0 Å². The van der Waals surface area contributed by atoms with Crippen LogP contribution in [0.1, 0.15) is 22.0 Å². The first-order chi connectivity index (χ1) is 11.1. The Kier molecular flexibility index (Phi) is 4.73. The third-order valence-corrected chi connectivity index (χ3v) is 4.34. The Bertz CT molecular complexity index is 779. The number of hydrogen-bond acceptors (Lipinski definition) is 5. The normalized spacial score (nSPS) is 10.9. The molecule has 0 saturated carbocycles. The molecule has 0 aliphatic carbocycles. The minimum Gasteiger partial charge on any atom is -0.439 e. The van der Waals surface area contributed by atoms with Crippen LogP contribution in [-0.2, 0) is 20.1 Å². The van der Waals surface area contributed by atoms with Gasteiger partial charge in [-0.2, -0.15) is 5.10 Å². The van der Waals surface area contributed by atoms with E-state index in [2.05, 4.69) is 20.8 Å². The van der Waals surface area contributed by atoms with Crippen molar-refractivity contribution >= 4 is 11.3 Å². The Morgan fingerprint density at radius 3 is 2.65 bits per heavy atom. The first kappa shape index (κ1) is 15.7. The minimum absolute atomic E-state index is 0.693. The van der Waals surface area contributed by atoms with Crippen LogP contribution in [0, 0.1) is 13.8 Å². The van der Waals surface area contributed by atoms with E-state index < -0.39 is 0 Å². The molecule has 0 amide bonds. The van der Waals surface area contributed by atoms with Crippen LogP contribution in [-0.4, -0.2) is 14.8 Å². The van der Waals surface area contributed by atoms with Gasteiger partial charge in [0.1, 0.15) is 5.75 Å². The second-order valence-corrected chi connectivity index (χ2v) is 6.43. The van der Waals surface area contributed by atoms with Crippen molar-refractivity contribution in [2.45, 2.75) is 26.9 Å². The molecule has 5 nitrogen and oxygen atoms in total. The number of aromatic nitrogens is 3. The Morgan fingerprint density at radius 2 is 1.96 bits per heavy atom. The lowest BCUT2D eigenvalue weighted by atomic mass is 10.2. The summed E-state index contributed by atoms with van der Waals surface area (Å²) in [6.07, 6.45) is 0. The Balaban J connectivity index is 1.71. The van der Waals surface area contributed by atoms with E-state index >= 15 is 0 Å². The Labute approximate surface area is 140 Å². The zero-order valence-corrected chi connectivity index (χ0v) is 14.4. The first-order valence-electron chi connectivity index (χ1n) is 7.50. The van der Waals surface area contributed by atoms with Gasteiger partial charge < -0.3 is 10.1 Å². The summed E-state index contributed by atoms with van der Waals surface area (Å²) in [5.41, 5.74) is 3.11. The summed E-state index contributed by atoms with van der Waals surface area (Å²) in [6, 6.07) is 9.77. The van der Waals surface area contributed by atoms with E-state index in [1.54, 1.807) is 16.0 Å². The van der Waals surface area contributed by atoms with Crippen molar-refractivity contribution in [3.63, 3.8) is 0 Å². The maximum atomic E-state index is 6.01. The van der Waals surface area contributed by atoms with E-state index in [0.717, 1.165) is 40.1 Å². The number of rotatable bonds is 6. The van der Waals surface area contributed by atoms with Crippen molar-refractivity contribution in [1.29, 1.82) is 0 Å². The summed E-state index contributed by atoms with van der Waals surface area (Å²) in [6.45, 7) is 5.45. The standard InChI is InChI=1S/C17H20N4OS/c1-12-16(10-18-9-14-11-23-13(2)19-14)17(21(3)20-12)22-15-7-5-4-6-8-15/h4-8,11,18H,9-10H2,1-3H3. The van der Waals surface area contributed by atoms with Crippen molar-refractivity contribution in [2.75, 3.05) is 0 Å². The van der Waals surface area contributed by atoms with Crippen LogP contribution in [0.5, 0.6) is 11.6 Å². The lowest BCUT2D eigenvalue weighted by molar-refractivity contribution is 0.423. The molecular formula is C17H20N4OS. The van der Waals surface area contributed by atoms with E-state index in [-0.39, 0.29) is 0 Å². The molecule has 6 heteroatoms. The molecular weight excluding hydrogens is 308 g/mol. The monoisotopic (exact) mass is 328 g/mol. The van der Waals surface area contributed by atoms with Crippen molar-refractivity contribution in [3.05, 3.63) is 57.7 Å². The van der Waals surface area contributed by atoms with Gasteiger partial charge in [-0.25, -0.2) is 9.67 Å². The van der Waals surface area contributed by atoms with E-state index in [1.165, 1.54) is 0 Å². The lowest BCUT2D eigenvalue weighted by Gasteiger charge is -2.09. The number of thiazole rings is 1. The predicted molar refractivity (Wildman–Crippen MR) is 91.9 cm³/mol. The molecule has 120 valence electrons. The van der Waals surface area contributed by atoms with Gasteiger partial charge in [-0.1, -0.05) is 18.2 Å². The maximum absolute atomic E-state index is 6.01. The van der Waals surface area contributed by atoms with Gasteiger partial charge in [-0.05, 0) is 26.0 Å². The fourth-order valence-electron chi connectivity index (χ4n) is 2.42. The average molecular weight is 328 g/mol. The highest BCUT2D eigenvalue weighted by Gasteiger charge is 2.15. The van der Waals surface area contributed by atoms with Gasteiger partial charge in [0.05, 0.1) is 22.0 Å².